The predicted molar refractivity (Wildman–Crippen MR) is 65.7 cm³/mol. The van der Waals surface area contributed by atoms with Crippen molar-refractivity contribution in [2.75, 3.05) is 25.5 Å². The van der Waals surface area contributed by atoms with Crippen molar-refractivity contribution in [2.45, 2.75) is 12.8 Å². The minimum absolute atomic E-state index is 0.0666. The third-order valence-electron chi connectivity index (χ3n) is 3.12. The first-order valence-electron chi connectivity index (χ1n) is 5.94. The number of ether oxygens (including phenoxy) is 1. The monoisotopic (exact) mass is 237 g/mol. The number of aromatic nitrogens is 1. The van der Waals surface area contributed by atoms with Gasteiger partial charge in [-0.2, -0.15) is 0 Å². The van der Waals surface area contributed by atoms with Crippen LogP contribution in [0.5, 0.6) is 0 Å². The molecule has 1 aliphatic rings. The van der Waals surface area contributed by atoms with Gasteiger partial charge in [-0.15, -0.1) is 0 Å². The van der Waals surface area contributed by atoms with E-state index in [1.165, 1.54) is 0 Å². The molecular weight excluding hydrogens is 218 g/mol. The third-order valence-corrected chi connectivity index (χ3v) is 3.12. The highest BCUT2D eigenvalue weighted by Crippen LogP contribution is 2.15. The number of amides is 1. The van der Waals surface area contributed by atoms with Crippen LogP contribution in [-0.2, 0) is 11.8 Å². The number of nitrogens with one attached hydrogen (secondary N) is 1. The molecule has 1 atom stereocenters. The van der Waals surface area contributed by atoms with Gasteiger partial charge in [0.25, 0.3) is 5.91 Å². The number of carbonyl (C=O) groups is 1. The highest BCUT2D eigenvalue weighted by Gasteiger charge is 2.16. The predicted octanol–water partition coefficient (Wildman–Crippen LogP) is 0.764. The molecule has 0 saturated carbocycles. The highest BCUT2D eigenvalue weighted by atomic mass is 16.5. The molecule has 1 fully saturated rings. The van der Waals surface area contributed by atoms with Crippen LogP contribution in [0, 0.1) is 5.92 Å². The second-order valence-corrected chi connectivity index (χ2v) is 4.54. The second-order valence-electron chi connectivity index (χ2n) is 4.54. The van der Waals surface area contributed by atoms with Crippen LogP contribution in [0.4, 0.5) is 5.69 Å². The topological polar surface area (TPSA) is 69.3 Å². The number of hydrogen-bond acceptors (Lipinski definition) is 3. The van der Waals surface area contributed by atoms with Crippen molar-refractivity contribution in [1.29, 1.82) is 0 Å². The molecule has 0 radical (unpaired) electrons. The maximum atomic E-state index is 11.8. The fraction of sp³-hybridized carbons (Fsp3) is 0.583. The molecular formula is C12H19N3O2. The van der Waals surface area contributed by atoms with Gasteiger partial charge in [0.2, 0.25) is 0 Å². The lowest BCUT2D eigenvalue weighted by Crippen LogP contribution is -2.27. The van der Waals surface area contributed by atoms with Crippen LogP contribution in [-0.4, -0.2) is 30.2 Å². The van der Waals surface area contributed by atoms with Crippen LogP contribution >= 0.6 is 0 Å². The van der Waals surface area contributed by atoms with E-state index in [9.17, 15) is 4.79 Å². The molecule has 0 aromatic carbocycles. The molecule has 1 aromatic heterocycles. The summed E-state index contributed by atoms with van der Waals surface area (Å²) >= 11 is 0. The summed E-state index contributed by atoms with van der Waals surface area (Å²) in [4.78, 5) is 11.8. The van der Waals surface area contributed by atoms with Gasteiger partial charge in [-0.25, -0.2) is 0 Å². The zero-order chi connectivity index (χ0) is 12.3. The van der Waals surface area contributed by atoms with E-state index in [4.69, 9.17) is 10.5 Å². The van der Waals surface area contributed by atoms with Crippen molar-refractivity contribution >= 4 is 11.6 Å². The lowest BCUT2D eigenvalue weighted by molar-refractivity contribution is 0.0942. The Morgan fingerprint density at radius 2 is 2.53 bits per heavy atom. The van der Waals surface area contributed by atoms with Crippen LogP contribution < -0.4 is 11.1 Å². The molecule has 1 saturated heterocycles. The van der Waals surface area contributed by atoms with Crippen molar-refractivity contribution in [1.82, 2.24) is 9.88 Å². The number of nitrogens with zero attached hydrogens (tertiary/aromatic N) is 1. The summed E-state index contributed by atoms with van der Waals surface area (Å²) in [5, 5.41) is 2.91. The fourth-order valence-electron chi connectivity index (χ4n) is 2.11. The molecule has 3 N–H and O–H groups in total. The lowest BCUT2D eigenvalue weighted by Gasteiger charge is -2.09. The Hall–Kier alpha value is -1.49. The first kappa shape index (κ1) is 12.0. The molecule has 2 heterocycles. The van der Waals surface area contributed by atoms with Crippen LogP contribution in [0.1, 0.15) is 23.3 Å². The Kier molecular flexibility index (Phi) is 3.68. The Balaban J connectivity index is 1.78. The normalized spacial score (nSPS) is 19.5. The summed E-state index contributed by atoms with van der Waals surface area (Å²) in [6.07, 6.45) is 3.82. The Bertz CT molecular complexity index is 394. The van der Waals surface area contributed by atoms with E-state index in [2.05, 4.69) is 5.32 Å². The van der Waals surface area contributed by atoms with Gasteiger partial charge in [0.1, 0.15) is 5.69 Å². The van der Waals surface area contributed by atoms with E-state index < -0.39 is 0 Å². The lowest BCUT2D eigenvalue weighted by atomic mass is 10.1. The zero-order valence-electron chi connectivity index (χ0n) is 10.1. The van der Waals surface area contributed by atoms with E-state index in [-0.39, 0.29) is 5.91 Å². The standard InChI is InChI=1S/C12H19N3O2/c1-15-7-10(13)6-11(15)12(16)14-4-2-9-3-5-17-8-9/h6-7,9H,2-5,8,13H2,1H3,(H,14,16). The molecule has 0 bridgehead atoms. The average molecular weight is 237 g/mol. The average Bonchev–Trinajstić information content (AvgIpc) is 2.88. The van der Waals surface area contributed by atoms with Crippen LogP contribution in [0.25, 0.3) is 0 Å². The van der Waals surface area contributed by atoms with Crippen LogP contribution in [0.2, 0.25) is 0 Å². The molecule has 5 nitrogen and oxygen atoms in total. The minimum Gasteiger partial charge on any atom is -0.397 e. The summed E-state index contributed by atoms with van der Waals surface area (Å²) in [5.74, 6) is 0.525. The molecule has 1 unspecified atom stereocenters. The van der Waals surface area contributed by atoms with Crippen LogP contribution in [0.15, 0.2) is 12.3 Å². The molecule has 94 valence electrons. The van der Waals surface area contributed by atoms with E-state index in [1.807, 2.05) is 7.05 Å². The van der Waals surface area contributed by atoms with Crippen molar-refractivity contribution in [3.8, 4) is 0 Å². The summed E-state index contributed by atoms with van der Waals surface area (Å²) in [6, 6.07) is 1.69. The number of rotatable bonds is 4. The molecule has 1 aliphatic heterocycles. The number of hydrogen-bond donors (Lipinski definition) is 2. The maximum absolute atomic E-state index is 11.8. The first-order valence-corrected chi connectivity index (χ1v) is 5.94. The van der Waals surface area contributed by atoms with E-state index in [1.54, 1.807) is 16.8 Å². The molecule has 17 heavy (non-hydrogen) atoms. The smallest absolute Gasteiger partial charge is 0.267 e. The number of carbonyl (C=O) groups excluding carboxylic acids is 1. The Morgan fingerprint density at radius 3 is 3.12 bits per heavy atom. The summed E-state index contributed by atoms with van der Waals surface area (Å²) in [6.45, 7) is 2.37. The SMILES string of the molecule is Cn1cc(N)cc1C(=O)NCCC1CCOC1. The van der Waals surface area contributed by atoms with E-state index >= 15 is 0 Å². The first-order chi connectivity index (χ1) is 8.16. The molecule has 5 heteroatoms. The molecule has 1 aromatic rings. The van der Waals surface area contributed by atoms with Gasteiger partial charge in [0.05, 0.1) is 5.69 Å². The summed E-state index contributed by atoms with van der Waals surface area (Å²) < 4.78 is 7.03. The van der Waals surface area contributed by atoms with Gasteiger partial charge in [0.15, 0.2) is 0 Å². The van der Waals surface area contributed by atoms with Crippen LogP contribution in [0.3, 0.4) is 0 Å². The van der Waals surface area contributed by atoms with Crippen molar-refractivity contribution in [3.63, 3.8) is 0 Å². The fourth-order valence-corrected chi connectivity index (χ4v) is 2.11. The van der Waals surface area contributed by atoms with Gasteiger partial charge in [-0.1, -0.05) is 0 Å². The van der Waals surface area contributed by atoms with E-state index in [0.29, 0.717) is 23.8 Å². The Morgan fingerprint density at radius 1 is 1.71 bits per heavy atom. The number of nitrogen functional groups attached to an aromatic ring is 1. The molecule has 0 aliphatic carbocycles. The minimum atomic E-state index is -0.0666. The summed E-state index contributed by atoms with van der Waals surface area (Å²) in [7, 11) is 1.82. The van der Waals surface area contributed by atoms with Crippen molar-refractivity contribution in [3.05, 3.63) is 18.0 Å². The van der Waals surface area contributed by atoms with Gasteiger partial charge in [-0.3, -0.25) is 4.79 Å². The molecule has 1 amide bonds. The van der Waals surface area contributed by atoms with Gasteiger partial charge < -0.3 is 20.4 Å². The molecule has 0 spiro atoms. The second kappa shape index (κ2) is 5.23. The third kappa shape index (κ3) is 3.00. The van der Waals surface area contributed by atoms with Gasteiger partial charge in [-0.05, 0) is 24.8 Å². The van der Waals surface area contributed by atoms with Crippen molar-refractivity contribution in [2.24, 2.45) is 13.0 Å². The van der Waals surface area contributed by atoms with Gasteiger partial charge in [0, 0.05) is 33.0 Å². The Labute approximate surface area is 101 Å². The number of nitrogens with two attached hydrogens (primary N) is 1. The maximum Gasteiger partial charge on any atom is 0.267 e. The summed E-state index contributed by atoms with van der Waals surface area (Å²) in [5.41, 5.74) is 6.84. The number of anilines is 1. The van der Waals surface area contributed by atoms with Gasteiger partial charge >= 0.3 is 0 Å². The highest BCUT2D eigenvalue weighted by molar-refractivity contribution is 5.93. The van der Waals surface area contributed by atoms with E-state index in [0.717, 1.165) is 26.1 Å². The number of aryl methyl sites for hydroxylation is 1. The van der Waals surface area contributed by atoms with Crippen molar-refractivity contribution < 1.29 is 9.53 Å². The quantitative estimate of drug-likeness (QED) is 0.812. The molecule has 2 rings (SSSR count). The zero-order valence-corrected chi connectivity index (χ0v) is 10.1. The largest absolute Gasteiger partial charge is 0.397 e.